The Balaban J connectivity index is 1.70. The van der Waals surface area contributed by atoms with Gasteiger partial charge >= 0.3 is 0 Å². The van der Waals surface area contributed by atoms with Crippen molar-refractivity contribution in [1.29, 1.82) is 0 Å². The molecule has 1 N–H and O–H groups in total. The molecule has 2 heteroatoms. The summed E-state index contributed by atoms with van der Waals surface area (Å²) in [7, 11) is 0. The summed E-state index contributed by atoms with van der Waals surface area (Å²) in [6, 6.07) is 1.46. The normalized spacial score (nSPS) is 25.8. The summed E-state index contributed by atoms with van der Waals surface area (Å²) < 4.78 is 0. The number of piperidine rings is 1. The van der Waals surface area contributed by atoms with Gasteiger partial charge < -0.3 is 10.2 Å². The maximum absolute atomic E-state index is 3.68. The van der Waals surface area contributed by atoms with Crippen LogP contribution in [0.3, 0.4) is 0 Å². The van der Waals surface area contributed by atoms with Gasteiger partial charge in [-0.3, -0.25) is 0 Å². The highest BCUT2D eigenvalue weighted by molar-refractivity contribution is 5.00. The largest absolute Gasteiger partial charge is 0.312 e. The molecule has 1 saturated heterocycles. The van der Waals surface area contributed by atoms with Crippen molar-refractivity contribution in [3.05, 3.63) is 0 Å². The fourth-order valence-electron chi connectivity index (χ4n) is 3.71. The van der Waals surface area contributed by atoms with Crippen LogP contribution in [0, 0.1) is 11.3 Å². The predicted molar refractivity (Wildman–Crippen MR) is 74.2 cm³/mol. The van der Waals surface area contributed by atoms with E-state index in [2.05, 4.69) is 37.9 Å². The van der Waals surface area contributed by atoms with E-state index in [0.29, 0.717) is 6.04 Å². The Kier molecular flexibility index (Phi) is 4.14. The molecule has 1 aliphatic heterocycles. The molecule has 0 atom stereocenters. The Morgan fingerprint density at radius 1 is 1.12 bits per heavy atom. The lowest BCUT2D eigenvalue weighted by Crippen LogP contribution is -2.55. The maximum Gasteiger partial charge on any atom is 0.00800 e. The van der Waals surface area contributed by atoms with Gasteiger partial charge in [0.1, 0.15) is 0 Å². The highest BCUT2D eigenvalue weighted by Crippen LogP contribution is 2.49. The van der Waals surface area contributed by atoms with Gasteiger partial charge in [0.25, 0.3) is 0 Å². The smallest absolute Gasteiger partial charge is 0.00800 e. The number of likely N-dealkylation sites (tertiary alicyclic amines) is 1. The monoisotopic (exact) mass is 238 g/mol. The van der Waals surface area contributed by atoms with E-state index in [1.54, 1.807) is 0 Å². The molecule has 1 heterocycles. The topological polar surface area (TPSA) is 15.3 Å². The van der Waals surface area contributed by atoms with Crippen LogP contribution in [0.25, 0.3) is 0 Å². The van der Waals surface area contributed by atoms with Crippen molar-refractivity contribution in [3.63, 3.8) is 0 Å². The molecular weight excluding hydrogens is 208 g/mol. The highest BCUT2D eigenvalue weighted by atomic mass is 15.1. The zero-order chi connectivity index (χ0) is 12.5. The van der Waals surface area contributed by atoms with Crippen molar-refractivity contribution in [3.8, 4) is 0 Å². The van der Waals surface area contributed by atoms with E-state index in [1.807, 2.05) is 0 Å². The van der Waals surface area contributed by atoms with Gasteiger partial charge in [0.2, 0.25) is 0 Å². The Labute approximate surface area is 107 Å². The SMILES string of the molecule is CC(C)CN1CCC2(CC1)CC(NC(C)C)C2. The Morgan fingerprint density at radius 2 is 1.71 bits per heavy atom. The van der Waals surface area contributed by atoms with E-state index in [4.69, 9.17) is 0 Å². The molecule has 0 radical (unpaired) electrons. The van der Waals surface area contributed by atoms with Gasteiger partial charge in [-0.1, -0.05) is 27.7 Å². The van der Waals surface area contributed by atoms with Crippen LogP contribution in [0.5, 0.6) is 0 Å². The zero-order valence-electron chi connectivity index (χ0n) is 12.1. The van der Waals surface area contributed by atoms with E-state index in [9.17, 15) is 0 Å². The summed E-state index contributed by atoms with van der Waals surface area (Å²) in [5.41, 5.74) is 0.722. The van der Waals surface area contributed by atoms with Crippen LogP contribution in [0.1, 0.15) is 53.4 Å². The molecule has 0 amide bonds. The number of hydrogen-bond donors (Lipinski definition) is 1. The minimum Gasteiger partial charge on any atom is -0.312 e. The molecule has 100 valence electrons. The van der Waals surface area contributed by atoms with Crippen LogP contribution in [-0.4, -0.2) is 36.6 Å². The molecule has 2 nitrogen and oxygen atoms in total. The Hall–Kier alpha value is -0.0800. The summed E-state index contributed by atoms with van der Waals surface area (Å²) in [5, 5.41) is 3.68. The van der Waals surface area contributed by atoms with Gasteiger partial charge in [-0.2, -0.15) is 0 Å². The fourth-order valence-corrected chi connectivity index (χ4v) is 3.71. The number of nitrogens with one attached hydrogen (secondary N) is 1. The molecule has 2 fully saturated rings. The lowest BCUT2D eigenvalue weighted by molar-refractivity contribution is 0.000981. The van der Waals surface area contributed by atoms with E-state index in [1.165, 1.54) is 45.3 Å². The lowest BCUT2D eigenvalue weighted by Gasteiger charge is -2.53. The van der Waals surface area contributed by atoms with Gasteiger partial charge in [-0.15, -0.1) is 0 Å². The molecule has 2 rings (SSSR count). The van der Waals surface area contributed by atoms with Crippen molar-refractivity contribution in [2.45, 2.75) is 65.5 Å². The highest BCUT2D eigenvalue weighted by Gasteiger charge is 2.45. The molecular formula is C15H30N2. The van der Waals surface area contributed by atoms with E-state index >= 15 is 0 Å². The van der Waals surface area contributed by atoms with Crippen molar-refractivity contribution in [2.24, 2.45) is 11.3 Å². The number of rotatable bonds is 4. The summed E-state index contributed by atoms with van der Waals surface area (Å²) in [5.74, 6) is 0.820. The third-order valence-electron chi connectivity index (χ3n) is 4.47. The van der Waals surface area contributed by atoms with Crippen molar-refractivity contribution < 1.29 is 0 Å². The minimum absolute atomic E-state index is 0.651. The lowest BCUT2D eigenvalue weighted by atomic mass is 9.60. The second-order valence-electron chi connectivity index (χ2n) is 7.12. The molecule has 0 bridgehead atoms. The quantitative estimate of drug-likeness (QED) is 0.810. The molecule has 0 aromatic heterocycles. The first-order valence-corrected chi connectivity index (χ1v) is 7.47. The van der Waals surface area contributed by atoms with Crippen LogP contribution in [-0.2, 0) is 0 Å². The molecule has 0 aromatic carbocycles. The van der Waals surface area contributed by atoms with Gasteiger partial charge in [-0.05, 0) is 50.1 Å². The molecule has 1 aliphatic carbocycles. The molecule has 0 aromatic rings. The fraction of sp³-hybridized carbons (Fsp3) is 1.00. The van der Waals surface area contributed by atoms with E-state index in [0.717, 1.165) is 17.4 Å². The average Bonchev–Trinajstić information content (AvgIpc) is 2.17. The first-order valence-electron chi connectivity index (χ1n) is 7.47. The van der Waals surface area contributed by atoms with Gasteiger partial charge in [0.05, 0.1) is 0 Å². The van der Waals surface area contributed by atoms with Gasteiger partial charge in [-0.25, -0.2) is 0 Å². The summed E-state index contributed by atoms with van der Waals surface area (Å²) >= 11 is 0. The number of nitrogens with zero attached hydrogens (tertiary/aromatic N) is 1. The van der Waals surface area contributed by atoms with E-state index < -0.39 is 0 Å². The number of hydrogen-bond acceptors (Lipinski definition) is 2. The summed E-state index contributed by atoms with van der Waals surface area (Å²) in [6.07, 6.45) is 5.74. The minimum atomic E-state index is 0.651. The molecule has 1 spiro atoms. The third-order valence-corrected chi connectivity index (χ3v) is 4.47. The summed E-state index contributed by atoms with van der Waals surface area (Å²) in [4.78, 5) is 2.67. The van der Waals surface area contributed by atoms with Gasteiger partial charge in [0, 0.05) is 18.6 Å². The summed E-state index contributed by atoms with van der Waals surface area (Å²) in [6.45, 7) is 13.2. The first kappa shape index (κ1) is 13.4. The van der Waals surface area contributed by atoms with Crippen LogP contribution in [0.15, 0.2) is 0 Å². The molecule has 0 unspecified atom stereocenters. The van der Waals surface area contributed by atoms with Crippen LogP contribution in [0.4, 0.5) is 0 Å². The molecule has 1 saturated carbocycles. The van der Waals surface area contributed by atoms with E-state index in [-0.39, 0.29) is 0 Å². The van der Waals surface area contributed by atoms with Crippen LogP contribution >= 0.6 is 0 Å². The zero-order valence-corrected chi connectivity index (χ0v) is 12.1. The van der Waals surface area contributed by atoms with Gasteiger partial charge in [0.15, 0.2) is 0 Å². The van der Waals surface area contributed by atoms with Crippen LogP contribution in [0.2, 0.25) is 0 Å². The van der Waals surface area contributed by atoms with Crippen LogP contribution < -0.4 is 5.32 Å². The molecule has 17 heavy (non-hydrogen) atoms. The first-order chi connectivity index (χ1) is 7.99. The Morgan fingerprint density at radius 3 is 2.18 bits per heavy atom. The average molecular weight is 238 g/mol. The predicted octanol–water partition coefficient (Wildman–Crippen LogP) is 2.89. The van der Waals surface area contributed by atoms with Crippen molar-refractivity contribution in [1.82, 2.24) is 10.2 Å². The maximum atomic E-state index is 3.68. The second kappa shape index (κ2) is 5.27. The third kappa shape index (κ3) is 3.45. The molecule has 2 aliphatic rings. The Bertz CT molecular complexity index is 231. The standard InChI is InChI=1S/C15H30N2/c1-12(2)11-17-7-5-15(6-8-17)9-14(10-15)16-13(3)4/h12-14,16H,5-11H2,1-4H3. The van der Waals surface area contributed by atoms with Crippen molar-refractivity contribution >= 4 is 0 Å². The van der Waals surface area contributed by atoms with Crippen molar-refractivity contribution in [2.75, 3.05) is 19.6 Å². The second-order valence-corrected chi connectivity index (χ2v) is 7.12.